The van der Waals surface area contributed by atoms with Crippen molar-refractivity contribution in [1.29, 1.82) is 0 Å². The summed E-state index contributed by atoms with van der Waals surface area (Å²) in [6.45, 7) is 1.57. The lowest BCUT2D eigenvalue weighted by Crippen LogP contribution is -2.28. The van der Waals surface area contributed by atoms with E-state index in [2.05, 4.69) is 10.3 Å². The Morgan fingerprint density at radius 3 is 2.83 bits per heavy atom. The first-order valence-corrected chi connectivity index (χ1v) is 5.43. The van der Waals surface area contributed by atoms with E-state index < -0.39 is 18.0 Å². The van der Waals surface area contributed by atoms with Gasteiger partial charge in [-0.05, 0) is 6.42 Å². The summed E-state index contributed by atoms with van der Waals surface area (Å²) in [5.74, 6) is -0.840. The molecule has 0 saturated heterocycles. The molecule has 0 saturated carbocycles. The summed E-state index contributed by atoms with van der Waals surface area (Å²) in [4.78, 5) is 14.3. The van der Waals surface area contributed by atoms with Crippen molar-refractivity contribution in [2.45, 2.75) is 25.6 Å². The second kappa shape index (κ2) is 6.27. The van der Waals surface area contributed by atoms with Gasteiger partial charge in [0.2, 0.25) is 5.91 Å². The van der Waals surface area contributed by atoms with Gasteiger partial charge in [-0.25, -0.2) is 4.39 Å². The number of carbonyl (C=O) groups is 1. The van der Waals surface area contributed by atoms with Crippen molar-refractivity contribution in [2.24, 2.45) is 0 Å². The SMILES string of the molecule is CC(=O)NCCC(O)C(O)c1ncc(F)cc1N. The van der Waals surface area contributed by atoms with E-state index in [0.29, 0.717) is 0 Å². The Bertz CT molecular complexity index is 428. The average Bonchev–Trinajstić information content (AvgIpc) is 2.27. The minimum atomic E-state index is -1.32. The zero-order valence-corrected chi connectivity index (χ0v) is 9.93. The fourth-order valence-corrected chi connectivity index (χ4v) is 1.45. The summed E-state index contributed by atoms with van der Waals surface area (Å²) in [6.07, 6.45) is -1.41. The maximum Gasteiger partial charge on any atom is 0.216 e. The zero-order chi connectivity index (χ0) is 13.7. The van der Waals surface area contributed by atoms with Crippen molar-refractivity contribution >= 4 is 11.6 Å². The summed E-state index contributed by atoms with van der Waals surface area (Å²) < 4.78 is 12.8. The van der Waals surface area contributed by atoms with Crippen LogP contribution in [-0.4, -0.2) is 33.8 Å². The van der Waals surface area contributed by atoms with E-state index in [1.54, 1.807) is 0 Å². The van der Waals surface area contributed by atoms with Gasteiger partial charge in [0.05, 0.1) is 23.7 Å². The van der Waals surface area contributed by atoms with Crippen LogP contribution in [0.15, 0.2) is 12.3 Å². The number of pyridine rings is 1. The Kier molecular flexibility index (Phi) is 4.99. The number of nitrogens with two attached hydrogens (primary N) is 1. The molecule has 0 aromatic carbocycles. The predicted octanol–water partition coefficient (Wildman–Crippen LogP) is -0.277. The molecule has 5 N–H and O–H groups in total. The maximum atomic E-state index is 12.8. The van der Waals surface area contributed by atoms with Crippen molar-refractivity contribution in [3.63, 3.8) is 0 Å². The summed E-state index contributed by atoms with van der Waals surface area (Å²) in [5.41, 5.74) is 5.49. The van der Waals surface area contributed by atoms with Gasteiger partial charge in [-0.1, -0.05) is 0 Å². The normalized spacial score (nSPS) is 14.0. The molecular weight excluding hydrogens is 241 g/mol. The molecule has 0 bridgehead atoms. The molecule has 0 spiro atoms. The van der Waals surface area contributed by atoms with Gasteiger partial charge in [0.15, 0.2) is 0 Å². The molecule has 0 aliphatic heterocycles. The number of halogens is 1. The van der Waals surface area contributed by atoms with Crippen LogP contribution >= 0.6 is 0 Å². The van der Waals surface area contributed by atoms with E-state index in [1.807, 2.05) is 0 Å². The minimum Gasteiger partial charge on any atom is -0.397 e. The number of anilines is 1. The smallest absolute Gasteiger partial charge is 0.216 e. The topological polar surface area (TPSA) is 108 Å². The highest BCUT2D eigenvalue weighted by Gasteiger charge is 2.22. The highest BCUT2D eigenvalue weighted by molar-refractivity contribution is 5.72. The number of nitrogens with one attached hydrogen (secondary N) is 1. The molecule has 2 unspecified atom stereocenters. The van der Waals surface area contributed by atoms with Crippen molar-refractivity contribution in [1.82, 2.24) is 10.3 Å². The lowest BCUT2D eigenvalue weighted by molar-refractivity contribution is -0.119. The summed E-state index contributed by atoms with van der Waals surface area (Å²) in [6, 6.07) is 1.02. The Labute approximate surface area is 104 Å². The van der Waals surface area contributed by atoms with E-state index in [9.17, 15) is 19.4 Å². The molecular formula is C11H16FN3O3. The third-order valence-corrected chi connectivity index (χ3v) is 2.37. The Morgan fingerprint density at radius 2 is 2.28 bits per heavy atom. The van der Waals surface area contributed by atoms with Crippen LogP contribution in [0.5, 0.6) is 0 Å². The highest BCUT2D eigenvalue weighted by Crippen LogP contribution is 2.22. The van der Waals surface area contributed by atoms with Crippen LogP contribution in [0.4, 0.5) is 10.1 Å². The molecule has 0 radical (unpaired) electrons. The largest absolute Gasteiger partial charge is 0.397 e. The maximum absolute atomic E-state index is 12.8. The van der Waals surface area contributed by atoms with E-state index in [1.165, 1.54) is 6.92 Å². The Balaban J connectivity index is 2.62. The van der Waals surface area contributed by atoms with E-state index in [0.717, 1.165) is 12.3 Å². The molecule has 6 nitrogen and oxygen atoms in total. The summed E-state index contributed by atoms with van der Waals surface area (Å²) in [7, 11) is 0. The standard InChI is InChI=1S/C11H16FN3O3/c1-6(16)14-3-2-9(17)11(18)10-8(13)4-7(12)5-15-10/h4-5,9,11,17-18H,2-3,13H2,1H3,(H,14,16). The van der Waals surface area contributed by atoms with Crippen molar-refractivity contribution in [3.05, 3.63) is 23.8 Å². The van der Waals surface area contributed by atoms with Gasteiger partial charge in [0.25, 0.3) is 0 Å². The van der Waals surface area contributed by atoms with Crippen molar-refractivity contribution in [2.75, 3.05) is 12.3 Å². The van der Waals surface area contributed by atoms with Gasteiger partial charge in [0, 0.05) is 19.5 Å². The Hall–Kier alpha value is -1.73. The lowest BCUT2D eigenvalue weighted by Gasteiger charge is -2.18. The second-order valence-corrected chi connectivity index (χ2v) is 3.91. The second-order valence-electron chi connectivity index (χ2n) is 3.91. The molecule has 0 aliphatic carbocycles. The average molecular weight is 257 g/mol. The van der Waals surface area contributed by atoms with Crippen LogP contribution < -0.4 is 11.1 Å². The molecule has 1 aromatic heterocycles. The molecule has 7 heteroatoms. The zero-order valence-electron chi connectivity index (χ0n) is 9.93. The van der Waals surface area contributed by atoms with Crippen LogP contribution in [-0.2, 0) is 4.79 Å². The molecule has 0 fully saturated rings. The van der Waals surface area contributed by atoms with Crippen LogP contribution in [0, 0.1) is 5.82 Å². The molecule has 1 heterocycles. The van der Waals surface area contributed by atoms with Crippen LogP contribution in [0.2, 0.25) is 0 Å². The first-order valence-electron chi connectivity index (χ1n) is 5.43. The molecule has 1 aromatic rings. The van der Waals surface area contributed by atoms with E-state index in [-0.39, 0.29) is 30.3 Å². The minimum absolute atomic E-state index is 0.0201. The number of nitrogens with zero attached hydrogens (tertiary/aromatic N) is 1. The van der Waals surface area contributed by atoms with Gasteiger partial charge in [-0.3, -0.25) is 9.78 Å². The summed E-state index contributed by atoms with van der Waals surface area (Å²) >= 11 is 0. The van der Waals surface area contributed by atoms with E-state index >= 15 is 0 Å². The third kappa shape index (κ3) is 3.94. The highest BCUT2D eigenvalue weighted by atomic mass is 19.1. The lowest BCUT2D eigenvalue weighted by atomic mass is 10.1. The van der Waals surface area contributed by atoms with Gasteiger partial charge >= 0.3 is 0 Å². The van der Waals surface area contributed by atoms with Gasteiger partial charge in [0.1, 0.15) is 11.9 Å². The number of aliphatic hydroxyl groups is 2. The fourth-order valence-electron chi connectivity index (χ4n) is 1.45. The van der Waals surface area contributed by atoms with E-state index in [4.69, 9.17) is 5.73 Å². The number of nitrogen functional groups attached to an aromatic ring is 1. The first kappa shape index (κ1) is 14.3. The number of aliphatic hydroxyl groups excluding tert-OH is 2. The number of rotatable bonds is 5. The molecule has 1 rings (SSSR count). The number of hydrogen-bond donors (Lipinski definition) is 4. The van der Waals surface area contributed by atoms with Crippen molar-refractivity contribution in [3.8, 4) is 0 Å². The molecule has 0 aliphatic rings. The fraction of sp³-hybridized carbons (Fsp3) is 0.455. The van der Waals surface area contributed by atoms with Crippen LogP contribution in [0.1, 0.15) is 25.1 Å². The number of aromatic nitrogens is 1. The van der Waals surface area contributed by atoms with Crippen molar-refractivity contribution < 1.29 is 19.4 Å². The Morgan fingerprint density at radius 1 is 1.61 bits per heavy atom. The summed E-state index contributed by atoms with van der Waals surface area (Å²) in [5, 5.41) is 22.0. The van der Waals surface area contributed by atoms with Gasteiger partial charge < -0.3 is 21.3 Å². The van der Waals surface area contributed by atoms with Crippen LogP contribution in [0.25, 0.3) is 0 Å². The molecule has 1 amide bonds. The predicted molar refractivity (Wildman–Crippen MR) is 62.9 cm³/mol. The quantitative estimate of drug-likeness (QED) is 0.580. The number of amides is 1. The monoisotopic (exact) mass is 257 g/mol. The molecule has 2 atom stereocenters. The van der Waals surface area contributed by atoms with Gasteiger partial charge in [-0.15, -0.1) is 0 Å². The third-order valence-electron chi connectivity index (χ3n) is 2.37. The first-order chi connectivity index (χ1) is 8.41. The van der Waals surface area contributed by atoms with Gasteiger partial charge in [-0.2, -0.15) is 0 Å². The molecule has 18 heavy (non-hydrogen) atoms. The number of carbonyl (C=O) groups excluding carboxylic acids is 1. The van der Waals surface area contributed by atoms with Crippen LogP contribution in [0.3, 0.4) is 0 Å². The molecule has 100 valence electrons. The number of hydrogen-bond acceptors (Lipinski definition) is 5.